The van der Waals surface area contributed by atoms with E-state index >= 15 is 0 Å². The Labute approximate surface area is 107 Å². The molecule has 0 aliphatic heterocycles. The van der Waals surface area contributed by atoms with Crippen LogP contribution in [-0.2, 0) is 0 Å². The van der Waals surface area contributed by atoms with Gasteiger partial charge in [-0.05, 0) is 31.8 Å². The Hall–Kier alpha value is -0.130. The number of nitrogens with one attached hydrogen (secondary N) is 1. The van der Waals surface area contributed by atoms with Crippen molar-refractivity contribution in [3.05, 3.63) is 5.82 Å². The van der Waals surface area contributed by atoms with Gasteiger partial charge in [0.15, 0.2) is 4.34 Å². The first kappa shape index (κ1) is 13.9. The van der Waals surface area contributed by atoms with E-state index in [2.05, 4.69) is 35.4 Å². The van der Waals surface area contributed by atoms with Crippen LogP contribution in [0.15, 0.2) is 4.34 Å². The molecular weight excluding hydrogens is 238 g/mol. The summed E-state index contributed by atoms with van der Waals surface area (Å²) >= 11 is 3.30. The average Bonchev–Trinajstić information content (AvgIpc) is 2.61. The topological polar surface area (TPSA) is 37.8 Å². The minimum absolute atomic E-state index is 0.548. The van der Waals surface area contributed by atoms with E-state index in [1.54, 1.807) is 11.8 Å². The fourth-order valence-corrected chi connectivity index (χ4v) is 3.35. The first-order valence-corrected chi connectivity index (χ1v) is 7.47. The van der Waals surface area contributed by atoms with Gasteiger partial charge in [0.05, 0.1) is 0 Å². The molecule has 1 aromatic heterocycles. The van der Waals surface area contributed by atoms with Crippen LogP contribution in [-0.4, -0.2) is 27.2 Å². The monoisotopic (exact) mass is 259 g/mol. The van der Waals surface area contributed by atoms with Gasteiger partial charge in [-0.25, -0.2) is 4.98 Å². The van der Waals surface area contributed by atoms with E-state index in [0.29, 0.717) is 11.3 Å². The van der Waals surface area contributed by atoms with Crippen molar-refractivity contribution in [3.63, 3.8) is 0 Å². The standard InChI is InChI=1S/C11H21N3S2/c1-5-6-8(2)12-7-9(3)15-11-13-10(4)14-16-11/h8-9,12H,5-7H2,1-4H3. The molecule has 0 radical (unpaired) electrons. The summed E-state index contributed by atoms with van der Waals surface area (Å²) in [5.41, 5.74) is 0. The van der Waals surface area contributed by atoms with Crippen LogP contribution < -0.4 is 5.32 Å². The highest BCUT2D eigenvalue weighted by Crippen LogP contribution is 2.24. The van der Waals surface area contributed by atoms with Gasteiger partial charge in [-0.2, -0.15) is 4.37 Å². The van der Waals surface area contributed by atoms with Gasteiger partial charge in [-0.3, -0.25) is 0 Å². The molecule has 0 bridgehead atoms. The van der Waals surface area contributed by atoms with Crippen LogP contribution in [0.3, 0.4) is 0 Å². The van der Waals surface area contributed by atoms with Crippen molar-refractivity contribution in [1.82, 2.24) is 14.7 Å². The molecule has 0 spiro atoms. The van der Waals surface area contributed by atoms with Gasteiger partial charge in [0.2, 0.25) is 0 Å². The van der Waals surface area contributed by atoms with Crippen molar-refractivity contribution in [2.45, 2.75) is 56.2 Å². The quantitative estimate of drug-likeness (QED) is 0.764. The molecule has 2 atom stereocenters. The molecule has 0 aliphatic carbocycles. The summed E-state index contributed by atoms with van der Waals surface area (Å²) in [5.74, 6) is 0.881. The lowest BCUT2D eigenvalue weighted by Crippen LogP contribution is -2.31. The minimum atomic E-state index is 0.548. The van der Waals surface area contributed by atoms with Gasteiger partial charge in [0.1, 0.15) is 5.82 Å². The lowest BCUT2D eigenvalue weighted by Gasteiger charge is -2.15. The Bertz CT molecular complexity index is 301. The fourth-order valence-electron chi connectivity index (χ4n) is 1.44. The van der Waals surface area contributed by atoms with Crippen LogP contribution in [0.5, 0.6) is 0 Å². The Morgan fingerprint density at radius 3 is 2.75 bits per heavy atom. The molecule has 5 heteroatoms. The Morgan fingerprint density at radius 2 is 2.19 bits per heavy atom. The molecule has 0 saturated heterocycles. The molecule has 0 aliphatic rings. The number of rotatable bonds is 7. The number of aryl methyl sites for hydroxylation is 1. The second-order valence-electron chi connectivity index (χ2n) is 4.13. The van der Waals surface area contributed by atoms with E-state index in [1.165, 1.54) is 24.4 Å². The third kappa shape index (κ3) is 5.27. The minimum Gasteiger partial charge on any atom is -0.313 e. The molecule has 0 aromatic carbocycles. The Kier molecular flexibility index (Phi) is 6.31. The Morgan fingerprint density at radius 1 is 1.44 bits per heavy atom. The van der Waals surface area contributed by atoms with Gasteiger partial charge in [0.25, 0.3) is 0 Å². The zero-order valence-electron chi connectivity index (χ0n) is 10.5. The van der Waals surface area contributed by atoms with Crippen molar-refractivity contribution in [2.75, 3.05) is 6.54 Å². The van der Waals surface area contributed by atoms with Crippen molar-refractivity contribution < 1.29 is 0 Å². The maximum Gasteiger partial charge on any atom is 0.170 e. The first-order valence-electron chi connectivity index (χ1n) is 5.82. The maximum absolute atomic E-state index is 4.36. The van der Waals surface area contributed by atoms with Gasteiger partial charge in [-0.15, -0.1) is 0 Å². The molecule has 1 heterocycles. The van der Waals surface area contributed by atoms with Crippen molar-refractivity contribution >= 4 is 23.3 Å². The van der Waals surface area contributed by atoms with Gasteiger partial charge < -0.3 is 5.32 Å². The molecule has 0 saturated carbocycles. The van der Waals surface area contributed by atoms with Crippen LogP contribution >= 0.6 is 23.3 Å². The van der Waals surface area contributed by atoms with Crippen LogP contribution in [0.1, 0.15) is 39.4 Å². The summed E-state index contributed by atoms with van der Waals surface area (Å²) < 4.78 is 5.26. The number of hydrogen-bond donors (Lipinski definition) is 1. The van der Waals surface area contributed by atoms with E-state index in [4.69, 9.17) is 0 Å². The molecule has 3 nitrogen and oxygen atoms in total. The van der Waals surface area contributed by atoms with Crippen molar-refractivity contribution in [3.8, 4) is 0 Å². The summed E-state index contributed by atoms with van der Waals surface area (Å²) in [6, 6.07) is 0.615. The molecule has 1 aromatic rings. The molecule has 2 unspecified atom stereocenters. The number of thioether (sulfide) groups is 1. The summed E-state index contributed by atoms with van der Waals surface area (Å²) in [5, 5.41) is 4.09. The fraction of sp³-hybridized carbons (Fsp3) is 0.818. The van der Waals surface area contributed by atoms with Crippen molar-refractivity contribution in [1.29, 1.82) is 0 Å². The predicted molar refractivity (Wildman–Crippen MR) is 72.3 cm³/mol. The summed E-state index contributed by atoms with van der Waals surface area (Å²) in [6.07, 6.45) is 2.49. The van der Waals surface area contributed by atoms with Gasteiger partial charge >= 0.3 is 0 Å². The Balaban J connectivity index is 2.23. The SMILES string of the molecule is CCCC(C)NCC(C)Sc1nc(C)ns1. The molecule has 16 heavy (non-hydrogen) atoms. The summed E-state index contributed by atoms with van der Waals surface area (Å²) in [7, 11) is 0. The van der Waals surface area contributed by atoms with E-state index < -0.39 is 0 Å². The third-order valence-corrected chi connectivity index (χ3v) is 4.26. The molecule has 0 fully saturated rings. The van der Waals surface area contributed by atoms with Gasteiger partial charge in [0, 0.05) is 17.8 Å². The van der Waals surface area contributed by atoms with E-state index in [0.717, 1.165) is 16.7 Å². The number of hydrogen-bond acceptors (Lipinski definition) is 5. The summed E-state index contributed by atoms with van der Waals surface area (Å²) in [4.78, 5) is 4.36. The number of aromatic nitrogens is 2. The average molecular weight is 259 g/mol. The van der Waals surface area contributed by atoms with Crippen LogP contribution in [0.25, 0.3) is 0 Å². The highest BCUT2D eigenvalue weighted by atomic mass is 32.2. The maximum atomic E-state index is 4.36. The number of nitrogens with zero attached hydrogens (tertiary/aromatic N) is 2. The van der Waals surface area contributed by atoms with Crippen LogP contribution in [0, 0.1) is 6.92 Å². The second kappa shape index (κ2) is 7.25. The highest BCUT2D eigenvalue weighted by Gasteiger charge is 2.09. The summed E-state index contributed by atoms with van der Waals surface area (Å²) in [6.45, 7) is 9.67. The van der Waals surface area contributed by atoms with E-state index in [-0.39, 0.29) is 0 Å². The zero-order chi connectivity index (χ0) is 12.0. The predicted octanol–water partition coefficient (Wildman–Crippen LogP) is 3.11. The third-order valence-electron chi connectivity index (χ3n) is 2.29. The largest absolute Gasteiger partial charge is 0.313 e. The second-order valence-corrected chi connectivity index (χ2v) is 6.57. The lowest BCUT2D eigenvalue weighted by molar-refractivity contribution is 0.511. The van der Waals surface area contributed by atoms with Crippen LogP contribution in [0.4, 0.5) is 0 Å². The lowest BCUT2D eigenvalue weighted by atomic mass is 10.2. The first-order chi connectivity index (χ1) is 7.61. The smallest absolute Gasteiger partial charge is 0.170 e. The van der Waals surface area contributed by atoms with Crippen LogP contribution in [0.2, 0.25) is 0 Å². The normalized spacial score (nSPS) is 15.0. The van der Waals surface area contributed by atoms with Gasteiger partial charge in [-0.1, -0.05) is 32.0 Å². The molecular formula is C11H21N3S2. The zero-order valence-corrected chi connectivity index (χ0v) is 12.1. The van der Waals surface area contributed by atoms with E-state index in [1.807, 2.05) is 6.92 Å². The van der Waals surface area contributed by atoms with E-state index in [9.17, 15) is 0 Å². The molecule has 1 rings (SSSR count). The molecule has 0 amide bonds. The van der Waals surface area contributed by atoms with Crippen molar-refractivity contribution in [2.24, 2.45) is 0 Å². The molecule has 92 valence electrons. The highest BCUT2D eigenvalue weighted by molar-refractivity contribution is 8.01. The molecule has 1 N–H and O–H groups in total.